The van der Waals surface area contributed by atoms with Crippen molar-refractivity contribution in [3.8, 4) is 5.75 Å². The summed E-state index contributed by atoms with van der Waals surface area (Å²) >= 11 is 0. The number of hydrogen-bond donors (Lipinski definition) is 3. The third-order valence-corrected chi connectivity index (χ3v) is 3.73. The second kappa shape index (κ2) is 9.00. The van der Waals surface area contributed by atoms with Crippen LogP contribution in [0.15, 0.2) is 66.3 Å². The standard InChI is InChI=1S/C20H19N3O4/c1-3-17(24)18(14-5-4-6-15(11-14)22-12-23-21)19(20(25)26)13-7-9-16(27-2)10-8-13/h3-12H,1,21H2,2H3,(H,22,23)(H,25,26). The number of hydrogen-bond acceptors (Lipinski definition) is 5. The van der Waals surface area contributed by atoms with Gasteiger partial charge in [0.05, 0.1) is 12.7 Å². The molecule has 2 rings (SSSR count). The molecule has 0 unspecified atom stereocenters. The first kappa shape index (κ1) is 19.5. The number of carboxylic acids is 1. The summed E-state index contributed by atoms with van der Waals surface area (Å²) in [6.07, 6.45) is 2.36. The number of methoxy groups -OCH3 is 1. The molecule has 27 heavy (non-hydrogen) atoms. The molecule has 0 bridgehead atoms. The third-order valence-electron chi connectivity index (χ3n) is 3.73. The largest absolute Gasteiger partial charge is 0.497 e. The van der Waals surface area contributed by atoms with Crippen molar-refractivity contribution >= 4 is 34.9 Å². The number of ketones is 1. The van der Waals surface area contributed by atoms with Gasteiger partial charge in [0.2, 0.25) is 0 Å². The van der Waals surface area contributed by atoms with E-state index in [2.05, 4.69) is 17.0 Å². The maximum Gasteiger partial charge on any atom is 0.337 e. The van der Waals surface area contributed by atoms with Crippen LogP contribution in [-0.2, 0) is 9.59 Å². The van der Waals surface area contributed by atoms with Gasteiger partial charge in [-0.3, -0.25) is 4.79 Å². The Labute approximate surface area is 156 Å². The molecule has 0 saturated heterocycles. The fourth-order valence-electron chi connectivity index (χ4n) is 2.52. The van der Waals surface area contributed by atoms with Gasteiger partial charge in [0.25, 0.3) is 0 Å². The number of aliphatic carboxylic acids is 1. The van der Waals surface area contributed by atoms with Crippen molar-refractivity contribution < 1.29 is 19.4 Å². The van der Waals surface area contributed by atoms with Crippen LogP contribution in [0.5, 0.6) is 5.75 Å². The van der Waals surface area contributed by atoms with Gasteiger partial charge in [-0.1, -0.05) is 30.8 Å². The topological polar surface area (TPSA) is 114 Å². The molecule has 0 fully saturated rings. The van der Waals surface area contributed by atoms with Gasteiger partial charge < -0.3 is 21.0 Å². The Hall–Kier alpha value is -3.87. The lowest BCUT2D eigenvalue weighted by Gasteiger charge is -2.13. The summed E-state index contributed by atoms with van der Waals surface area (Å²) in [6, 6.07) is 13.1. The fraction of sp³-hybridized carbons (Fsp3) is 0.0500. The van der Waals surface area contributed by atoms with Crippen molar-refractivity contribution in [3.05, 3.63) is 72.3 Å². The van der Waals surface area contributed by atoms with Gasteiger partial charge in [0.15, 0.2) is 5.78 Å². The van der Waals surface area contributed by atoms with Gasteiger partial charge >= 0.3 is 5.97 Å². The van der Waals surface area contributed by atoms with Gasteiger partial charge in [0, 0.05) is 11.3 Å². The van der Waals surface area contributed by atoms with Crippen molar-refractivity contribution in [1.29, 1.82) is 0 Å². The highest BCUT2D eigenvalue weighted by Gasteiger charge is 2.22. The van der Waals surface area contributed by atoms with Gasteiger partial charge in [-0.25, -0.2) is 4.79 Å². The lowest BCUT2D eigenvalue weighted by atomic mass is 9.91. The predicted molar refractivity (Wildman–Crippen MR) is 105 cm³/mol. The van der Waals surface area contributed by atoms with Crippen LogP contribution in [0.25, 0.3) is 11.1 Å². The molecule has 0 radical (unpaired) electrons. The summed E-state index contributed by atoms with van der Waals surface area (Å²) in [6.45, 7) is 3.49. The average Bonchev–Trinajstić information content (AvgIpc) is 2.70. The number of nitrogens with two attached hydrogens (primary N) is 1. The van der Waals surface area contributed by atoms with E-state index in [0.717, 1.165) is 6.08 Å². The first-order chi connectivity index (χ1) is 13.0. The van der Waals surface area contributed by atoms with Gasteiger partial charge in [-0.2, -0.15) is 5.10 Å². The monoisotopic (exact) mass is 365 g/mol. The highest BCUT2D eigenvalue weighted by Crippen LogP contribution is 2.30. The van der Waals surface area contributed by atoms with E-state index in [1.54, 1.807) is 48.5 Å². The fourth-order valence-corrected chi connectivity index (χ4v) is 2.52. The van der Waals surface area contributed by atoms with Crippen molar-refractivity contribution in [3.63, 3.8) is 0 Å². The van der Waals surface area contributed by atoms with Gasteiger partial charge in [-0.05, 0) is 41.5 Å². The zero-order valence-electron chi connectivity index (χ0n) is 14.7. The van der Waals surface area contributed by atoms with Crippen molar-refractivity contribution in [1.82, 2.24) is 0 Å². The highest BCUT2D eigenvalue weighted by atomic mass is 16.5. The summed E-state index contributed by atoms with van der Waals surface area (Å²) < 4.78 is 5.10. The first-order valence-electron chi connectivity index (χ1n) is 7.89. The molecule has 0 aliphatic heterocycles. The summed E-state index contributed by atoms with van der Waals surface area (Å²) in [4.78, 5) is 24.6. The van der Waals surface area contributed by atoms with Crippen molar-refractivity contribution in [2.75, 3.05) is 12.4 Å². The molecule has 0 heterocycles. The summed E-state index contributed by atoms with van der Waals surface area (Å²) in [5.74, 6) is 3.91. The molecule has 138 valence electrons. The van der Waals surface area contributed by atoms with E-state index in [1.807, 2.05) is 0 Å². The van der Waals surface area contributed by atoms with Crippen LogP contribution in [0, 0.1) is 0 Å². The third kappa shape index (κ3) is 4.60. The quantitative estimate of drug-likeness (QED) is 0.165. The number of carbonyl (C=O) groups is 2. The van der Waals surface area contributed by atoms with Crippen LogP contribution >= 0.6 is 0 Å². The second-order valence-electron chi connectivity index (χ2n) is 5.36. The maximum absolute atomic E-state index is 12.5. The van der Waals surface area contributed by atoms with Crippen LogP contribution in [0.4, 0.5) is 5.69 Å². The molecule has 7 heteroatoms. The Morgan fingerprint density at radius 1 is 1.15 bits per heavy atom. The Morgan fingerprint density at radius 3 is 2.41 bits per heavy atom. The van der Waals surface area contributed by atoms with E-state index >= 15 is 0 Å². The number of allylic oxidation sites excluding steroid dienone is 2. The smallest absolute Gasteiger partial charge is 0.337 e. The van der Waals surface area contributed by atoms with Crippen molar-refractivity contribution in [2.45, 2.75) is 0 Å². The summed E-state index contributed by atoms with van der Waals surface area (Å²) in [5, 5.41) is 16.0. The van der Waals surface area contributed by atoms with E-state index < -0.39 is 11.8 Å². The van der Waals surface area contributed by atoms with Crippen LogP contribution in [0.2, 0.25) is 0 Å². The average molecular weight is 365 g/mol. The molecule has 0 aromatic heterocycles. The van der Waals surface area contributed by atoms with Crippen molar-refractivity contribution in [2.24, 2.45) is 10.9 Å². The molecule has 0 amide bonds. The molecule has 2 aromatic carbocycles. The number of rotatable bonds is 8. The number of carbonyl (C=O) groups excluding carboxylic acids is 1. The van der Waals surface area contributed by atoms with E-state index in [1.165, 1.54) is 13.4 Å². The highest BCUT2D eigenvalue weighted by molar-refractivity contribution is 6.41. The number of benzene rings is 2. The number of nitrogens with zero attached hydrogens (tertiary/aromatic N) is 1. The minimum Gasteiger partial charge on any atom is -0.497 e. The molecule has 0 spiro atoms. The lowest BCUT2D eigenvalue weighted by Crippen LogP contribution is -2.09. The maximum atomic E-state index is 12.5. The molecule has 0 atom stereocenters. The molecule has 4 N–H and O–H groups in total. The normalized spacial score (nSPS) is 11.6. The zero-order valence-corrected chi connectivity index (χ0v) is 14.7. The number of nitrogens with one attached hydrogen (secondary N) is 1. The minimum absolute atomic E-state index is 0.0241. The lowest BCUT2D eigenvalue weighted by molar-refractivity contribution is -0.130. The molecule has 0 aliphatic carbocycles. The van der Waals surface area contributed by atoms with Crippen LogP contribution in [0.3, 0.4) is 0 Å². The number of carboxylic acid groups (broad SMARTS) is 1. The van der Waals surface area contributed by atoms with E-state index in [-0.39, 0.29) is 11.1 Å². The summed E-state index contributed by atoms with van der Waals surface area (Å²) in [7, 11) is 1.51. The molecule has 0 aliphatic rings. The number of ether oxygens (including phenoxy) is 1. The Kier molecular flexibility index (Phi) is 6.49. The van der Waals surface area contributed by atoms with Crippen LogP contribution in [-0.4, -0.2) is 30.3 Å². The SMILES string of the molecule is C=CC(=O)C(=C(C(=O)O)c1ccc(OC)cc1)c1cccc(NC=NN)c1. The second-order valence-corrected chi connectivity index (χ2v) is 5.36. The number of anilines is 1. The Morgan fingerprint density at radius 2 is 1.85 bits per heavy atom. The van der Waals surface area contributed by atoms with Crippen LogP contribution in [0.1, 0.15) is 11.1 Å². The predicted octanol–water partition coefficient (Wildman–Crippen LogP) is 2.76. The van der Waals surface area contributed by atoms with E-state index in [9.17, 15) is 14.7 Å². The minimum atomic E-state index is -1.23. The Bertz CT molecular complexity index is 915. The van der Waals surface area contributed by atoms with E-state index in [0.29, 0.717) is 22.6 Å². The van der Waals surface area contributed by atoms with Gasteiger partial charge in [-0.15, -0.1) is 0 Å². The molecular formula is C20H19N3O4. The summed E-state index contributed by atoms with van der Waals surface area (Å²) in [5.41, 5.74) is 1.28. The molecule has 7 nitrogen and oxygen atoms in total. The molecule has 0 saturated carbocycles. The molecule has 2 aromatic rings. The molecular weight excluding hydrogens is 346 g/mol. The van der Waals surface area contributed by atoms with E-state index in [4.69, 9.17) is 10.6 Å². The zero-order chi connectivity index (χ0) is 19.8. The van der Waals surface area contributed by atoms with Crippen LogP contribution < -0.4 is 15.9 Å². The first-order valence-corrected chi connectivity index (χ1v) is 7.89. The van der Waals surface area contributed by atoms with Gasteiger partial charge in [0.1, 0.15) is 12.1 Å². The Balaban J connectivity index is 2.71. The number of hydrazone groups is 1.